The Morgan fingerprint density at radius 1 is 1.29 bits per heavy atom. The molecule has 1 aromatic rings. The maximum Gasteiger partial charge on any atom is 0.262 e. The molecule has 21 heavy (non-hydrogen) atoms. The van der Waals surface area contributed by atoms with Gasteiger partial charge in [0.15, 0.2) is 6.10 Å². The van der Waals surface area contributed by atoms with Gasteiger partial charge in [-0.1, -0.05) is 12.1 Å². The summed E-state index contributed by atoms with van der Waals surface area (Å²) in [6, 6.07) is 7.64. The Labute approximate surface area is 124 Å². The normalized spacial score (nSPS) is 28.0. The Balaban J connectivity index is 1.48. The van der Waals surface area contributed by atoms with Crippen LogP contribution in [0.1, 0.15) is 25.7 Å². The Bertz CT molecular complexity index is 498. The number of nitrogens with one attached hydrogen (secondary N) is 2. The van der Waals surface area contributed by atoms with Gasteiger partial charge < -0.3 is 20.5 Å². The van der Waals surface area contributed by atoms with Crippen LogP contribution in [0.2, 0.25) is 0 Å². The summed E-state index contributed by atoms with van der Waals surface area (Å²) in [5, 5.41) is 15.7. The first kappa shape index (κ1) is 14.2. The Morgan fingerprint density at radius 3 is 2.86 bits per heavy atom. The van der Waals surface area contributed by atoms with Crippen LogP contribution in [0, 0.1) is 5.92 Å². The van der Waals surface area contributed by atoms with E-state index >= 15 is 0 Å². The van der Waals surface area contributed by atoms with Crippen molar-refractivity contribution in [3.8, 4) is 5.75 Å². The van der Waals surface area contributed by atoms with Gasteiger partial charge in [0.25, 0.3) is 5.91 Å². The molecule has 1 heterocycles. The molecule has 0 spiro atoms. The number of carbonyl (C=O) groups is 1. The molecule has 5 nitrogen and oxygen atoms in total. The van der Waals surface area contributed by atoms with Crippen molar-refractivity contribution < 1.29 is 14.6 Å². The third kappa shape index (κ3) is 3.47. The summed E-state index contributed by atoms with van der Waals surface area (Å²) >= 11 is 0. The fourth-order valence-corrected chi connectivity index (χ4v) is 2.97. The number of fused-ring (bicyclic) bond motifs is 1. The number of hydrogen-bond acceptors (Lipinski definition) is 4. The highest BCUT2D eigenvalue weighted by Crippen LogP contribution is 2.28. The maximum atomic E-state index is 12.2. The monoisotopic (exact) mass is 290 g/mol. The maximum absolute atomic E-state index is 12.2. The van der Waals surface area contributed by atoms with Crippen molar-refractivity contribution in [3.63, 3.8) is 0 Å². The SMILES string of the molecule is O=C(NCC1CCC(O)CC1)C1CNc2ccccc2O1. The van der Waals surface area contributed by atoms with Gasteiger partial charge in [0.05, 0.1) is 18.3 Å². The van der Waals surface area contributed by atoms with E-state index in [1.165, 1.54) is 0 Å². The Morgan fingerprint density at radius 2 is 2.05 bits per heavy atom. The van der Waals surface area contributed by atoms with Crippen molar-refractivity contribution in [2.24, 2.45) is 5.92 Å². The lowest BCUT2D eigenvalue weighted by molar-refractivity contribution is -0.127. The molecule has 0 saturated heterocycles. The van der Waals surface area contributed by atoms with E-state index in [0.29, 0.717) is 19.0 Å². The molecule has 2 aliphatic rings. The fourth-order valence-electron chi connectivity index (χ4n) is 2.97. The van der Waals surface area contributed by atoms with Crippen LogP contribution < -0.4 is 15.4 Å². The van der Waals surface area contributed by atoms with Crippen molar-refractivity contribution in [3.05, 3.63) is 24.3 Å². The minimum atomic E-state index is -0.478. The van der Waals surface area contributed by atoms with Crippen LogP contribution in [0.15, 0.2) is 24.3 Å². The topological polar surface area (TPSA) is 70.6 Å². The van der Waals surface area contributed by atoms with Gasteiger partial charge in [-0.05, 0) is 43.7 Å². The highest BCUT2D eigenvalue weighted by atomic mass is 16.5. The standard InChI is InChI=1S/C16H22N2O3/c19-12-7-5-11(6-8-12)9-18-16(20)15-10-17-13-3-1-2-4-14(13)21-15/h1-4,11-12,15,17,19H,5-10H2,(H,18,20). The largest absolute Gasteiger partial charge is 0.477 e. The van der Waals surface area contributed by atoms with Crippen LogP contribution in [0.3, 0.4) is 0 Å². The average Bonchev–Trinajstić information content (AvgIpc) is 2.53. The third-order valence-electron chi connectivity index (χ3n) is 4.31. The number of para-hydroxylation sites is 2. The van der Waals surface area contributed by atoms with Gasteiger partial charge in [-0.3, -0.25) is 4.79 Å². The molecule has 3 N–H and O–H groups in total. The number of anilines is 1. The van der Waals surface area contributed by atoms with Crippen LogP contribution in [-0.4, -0.2) is 36.3 Å². The third-order valence-corrected chi connectivity index (χ3v) is 4.31. The second-order valence-electron chi connectivity index (χ2n) is 5.90. The van der Waals surface area contributed by atoms with E-state index in [4.69, 9.17) is 4.74 Å². The van der Waals surface area contributed by atoms with Gasteiger partial charge in [-0.2, -0.15) is 0 Å². The number of aliphatic hydroxyl groups excluding tert-OH is 1. The zero-order valence-electron chi connectivity index (χ0n) is 12.0. The Kier molecular flexibility index (Phi) is 4.29. The van der Waals surface area contributed by atoms with E-state index < -0.39 is 6.10 Å². The zero-order valence-corrected chi connectivity index (χ0v) is 12.0. The minimum Gasteiger partial charge on any atom is -0.477 e. The predicted molar refractivity (Wildman–Crippen MR) is 80.3 cm³/mol. The molecular weight excluding hydrogens is 268 g/mol. The van der Waals surface area contributed by atoms with Gasteiger partial charge in [0.1, 0.15) is 5.75 Å². The number of aliphatic hydroxyl groups is 1. The van der Waals surface area contributed by atoms with E-state index in [-0.39, 0.29) is 12.0 Å². The van der Waals surface area contributed by atoms with Crippen LogP contribution in [0.4, 0.5) is 5.69 Å². The summed E-state index contributed by atoms with van der Waals surface area (Å²) in [6.07, 6.45) is 3.01. The number of amides is 1. The molecule has 114 valence electrons. The summed E-state index contributed by atoms with van der Waals surface area (Å²) in [5.41, 5.74) is 0.933. The second kappa shape index (κ2) is 6.35. The molecule has 1 aromatic carbocycles. The van der Waals surface area contributed by atoms with Gasteiger partial charge in [0, 0.05) is 6.54 Å². The lowest BCUT2D eigenvalue weighted by Crippen LogP contribution is -2.46. The molecule has 0 radical (unpaired) electrons. The molecular formula is C16H22N2O3. The predicted octanol–water partition coefficient (Wildman–Crippen LogP) is 1.53. The molecule has 1 saturated carbocycles. The first-order valence-electron chi connectivity index (χ1n) is 7.67. The van der Waals surface area contributed by atoms with Crippen molar-refractivity contribution >= 4 is 11.6 Å². The summed E-state index contributed by atoms with van der Waals surface area (Å²) < 4.78 is 5.74. The van der Waals surface area contributed by atoms with E-state index in [1.54, 1.807) is 0 Å². The molecule has 1 amide bonds. The number of carbonyl (C=O) groups excluding carboxylic acids is 1. The molecule has 1 unspecified atom stereocenters. The highest BCUT2D eigenvalue weighted by molar-refractivity contribution is 5.83. The molecule has 5 heteroatoms. The first-order valence-corrected chi connectivity index (χ1v) is 7.67. The molecule has 1 fully saturated rings. The minimum absolute atomic E-state index is 0.0666. The molecule has 1 aliphatic carbocycles. The van der Waals surface area contributed by atoms with Crippen molar-refractivity contribution in [1.82, 2.24) is 5.32 Å². The van der Waals surface area contributed by atoms with E-state index in [1.807, 2.05) is 24.3 Å². The summed E-state index contributed by atoms with van der Waals surface area (Å²) in [6.45, 7) is 1.17. The van der Waals surface area contributed by atoms with Crippen molar-refractivity contribution in [1.29, 1.82) is 0 Å². The van der Waals surface area contributed by atoms with Crippen LogP contribution in [0.25, 0.3) is 0 Å². The smallest absolute Gasteiger partial charge is 0.262 e. The summed E-state index contributed by atoms with van der Waals surface area (Å²) in [5.74, 6) is 1.13. The summed E-state index contributed by atoms with van der Waals surface area (Å²) in [4.78, 5) is 12.2. The molecule has 3 rings (SSSR count). The molecule has 1 atom stereocenters. The molecule has 0 aromatic heterocycles. The van der Waals surface area contributed by atoms with E-state index in [0.717, 1.165) is 37.1 Å². The number of hydrogen-bond donors (Lipinski definition) is 3. The van der Waals surface area contributed by atoms with Crippen molar-refractivity contribution in [2.45, 2.75) is 37.9 Å². The van der Waals surface area contributed by atoms with E-state index in [2.05, 4.69) is 10.6 Å². The number of ether oxygens (including phenoxy) is 1. The van der Waals surface area contributed by atoms with Crippen LogP contribution in [-0.2, 0) is 4.79 Å². The number of benzene rings is 1. The van der Waals surface area contributed by atoms with Gasteiger partial charge in [-0.15, -0.1) is 0 Å². The van der Waals surface area contributed by atoms with Gasteiger partial charge >= 0.3 is 0 Å². The van der Waals surface area contributed by atoms with Crippen LogP contribution >= 0.6 is 0 Å². The second-order valence-corrected chi connectivity index (χ2v) is 5.90. The molecule has 0 bridgehead atoms. The van der Waals surface area contributed by atoms with Gasteiger partial charge in [0.2, 0.25) is 0 Å². The first-order chi connectivity index (χ1) is 10.2. The lowest BCUT2D eigenvalue weighted by atomic mass is 9.87. The van der Waals surface area contributed by atoms with Crippen molar-refractivity contribution in [2.75, 3.05) is 18.4 Å². The highest BCUT2D eigenvalue weighted by Gasteiger charge is 2.26. The lowest BCUT2D eigenvalue weighted by Gasteiger charge is -2.28. The summed E-state index contributed by atoms with van der Waals surface area (Å²) in [7, 11) is 0. The number of rotatable bonds is 3. The molecule has 1 aliphatic heterocycles. The van der Waals surface area contributed by atoms with Crippen LogP contribution in [0.5, 0.6) is 5.75 Å². The average molecular weight is 290 g/mol. The van der Waals surface area contributed by atoms with Gasteiger partial charge in [-0.25, -0.2) is 0 Å². The van der Waals surface area contributed by atoms with E-state index in [9.17, 15) is 9.90 Å². The zero-order chi connectivity index (χ0) is 14.7. The fraction of sp³-hybridized carbons (Fsp3) is 0.562. The Hall–Kier alpha value is -1.75. The quantitative estimate of drug-likeness (QED) is 0.789.